The van der Waals surface area contributed by atoms with Crippen LogP contribution in [0.2, 0.25) is 0 Å². The van der Waals surface area contributed by atoms with Crippen LogP contribution in [0.5, 0.6) is 0 Å². The third kappa shape index (κ3) is 2.73. The van der Waals surface area contributed by atoms with Gasteiger partial charge in [0.15, 0.2) is 5.82 Å². The van der Waals surface area contributed by atoms with Gasteiger partial charge in [-0.1, -0.05) is 23.4 Å². The SMILES string of the molecule is NCc1ccc(-c2nc(Cc3ccccn3)no2)cc1. The van der Waals surface area contributed by atoms with E-state index in [9.17, 15) is 0 Å². The third-order valence-electron chi connectivity index (χ3n) is 2.97. The molecule has 2 N–H and O–H groups in total. The van der Waals surface area contributed by atoms with E-state index >= 15 is 0 Å². The van der Waals surface area contributed by atoms with Gasteiger partial charge in [0.2, 0.25) is 0 Å². The van der Waals surface area contributed by atoms with Crippen molar-refractivity contribution in [1.29, 1.82) is 0 Å². The topological polar surface area (TPSA) is 77.8 Å². The summed E-state index contributed by atoms with van der Waals surface area (Å²) in [5.74, 6) is 1.14. The van der Waals surface area contributed by atoms with E-state index in [4.69, 9.17) is 10.3 Å². The fourth-order valence-corrected chi connectivity index (χ4v) is 1.89. The molecule has 1 aromatic carbocycles. The molecule has 0 fully saturated rings. The zero-order chi connectivity index (χ0) is 13.8. The van der Waals surface area contributed by atoms with Crippen molar-refractivity contribution in [3.05, 3.63) is 65.7 Å². The number of aromatic nitrogens is 3. The Morgan fingerprint density at radius 2 is 1.90 bits per heavy atom. The number of rotatable bonds is 4. The monoisotopic (exact) mass is 266 g/mol. The Kier molecular flexibility index (Phi) is 3.52. The van der Waals surface area contributed by atoms with Gasteiger partial charge in [-0.05, 0) is 29.8 Å². The lowest BCUT2D eigenvalue weighted by Crippen LogP contribution is -1.95. The van der Waals surface area contributed by atoms with E-state index < -0.39 is 0 Å². The lowest BCUT2D eigenvalue weighted by atomic mass is 10.1. The van der Waals surface area contributed by atoms with Gasteiger partial charge in [-0.15, -0.1) is 0 Å². The number of nitrogens with two attached hydrogens (primary N) is 1. The summed E-state index contributed by atoms with van der Waals surface area (Å²) in [6, 6.07) is 13.5. The molecular weight excluding hydrogens is 252 g/mol. The van der Waals surface area contributed by atoms with E-state index in [1.165, 1.54) is 0 Å². The smallest absolute Gasteiger partial charge is 0.257 e. The Labute approximate surface area is 116 Å². The molecule has 0 unspecified atom stereocenters. The van der Waals surface area contributed by atoms with E-state index in [0.29, 0.717) is 24.7 Å². The maximum atomic E-state index is 5.57. The lowest BCUT2D eigenvalue weighted by Gasteiger charge is -1.97. The van der Waals surface area contributed by atoms with Gasteiger partial charge in [0, 0.05) is 24.0 Å². The van der Waals surface area contributed by atoms with Crippen LogP contribution in [0.15, 0.2) is 53.2 Å². The quantitative estimate of drug-likeness (QED) is 0.783. The molecule has 0 spiro atoms. The largest absolute Gasteiger partial charge is 0.334 e. The maximum absolute atomic E-state index is 5.57. The minimum atomic E-state index is 0.513. The lowest BCUT2D eigenvalue weighted by molar-refractivity contribution is 0.423. The molecule has 100 valence electrons. The predicted molar refractivity (Wildman–Crippen MR) is 74.7 cm³/mol. The molecule has 3 rings (SSSR count). The molecule has 0 saturated heterocycles. The molecule has 0 bridgehead atoms. The second-order valence-electron chi connectivity index (χ2n) is 4.41. The second-order valence-corrected chi connectivity index (χ2v) is 4.41. The molecule has 0 saturated carbocycles. The van der Waals surface area contributed by atoms with Crippen LogP contribution >= 0.6 is 0 Å². The van der Waals surface area contributed by atoms with Crippen molar-refractivity contribution >= 4 is 0 Å². The maximum Gasteiger partial charge on any atom is 0.257 e. The molecule has 0 radical (unpaired) electrons. The Hall–Kier alpha value is -2.53. The first kappa shape index (κ1) is 12.5. The van der Waals surface area contributed by atoms with Crippen molar-refractivity contribution < 1.29 is 4.52 Å². The summed E-state index contributed by atoms with van der Waals surface area (Å²) >= 11 is 0. The molecule has 0 aliphatic heterocycles. The Balaban J connectivity index is 1.79. The summed E-state index contributed by atoms with van der Waals surface area (Å²) in [7, 11) is 0. The van der Waals surface area contributed by atoms with Crippen molar-refractivity contribution in [2.24, 2.45) is 5.73 Å². The highest BCUT2D eigenvalue weighted by atomic mass is 16.5. The van der Waals surface area contributed by atoms with Crippen LogP contribution in [0.1, 0.15) is 17.1 Å². The van der Waals surface area contributed by atoms with Crippen molar-refractivity contribution in [2.45, 2.75) is 13.0 Å². The average Bonchev–Trinajstić information content (AvgIpc) is 2.97. The fourth-order valence-electron chi connectivity index (χ4n) is 1.89. The summed E-state index contributed by atoms with van der Waals surface area (Å²) < 4.78 is 5.28. The Morgan fingerprint density at radius 1 is 1.05 bits per heavy atom. The van der Waals surface area contributed by atoms with Gasteiger partial charge >= 0.3 is 0 Å². The summed E-state index contributed by atoms with van der Waals surface area (Å²) in [5.41, 5.74) is 8.45. The summed E-state index contributed by atoms with van der Waals surface area (Å²) in [6.45, 7) is 0.523. The highest BCUT2D eigenvalue weighted by molar-refractivity contribution is 5.53. The molecule has 20 heavy (non-hydrogen) atoms. The zero-order valence-corrected chi connectivity index (χ0v) is 10.9. The van der Waals surface area contributed by atoms with Crippen LogP contribution in [0.25, 0.3) is 11.5 Å². The van der Waals surface area contributed by atoms with Gasteiger partial charge in [0.1, 0.15) is 0 Å². The molecule has 5 heteroatoms. The molecule has 0 aliphatic rings. The molecule has 3 aromatic rings. The number of pyridine rings is 1. The van der Waals surface area contributed by atoms with Crippen LogP contribution in [-0.4, -0.2) is 15.1 Å². The van der Waals surface area contributed by atoms with Crippen LogP contribution in [0.4, 0.5) is 0 Å². The van der Waals surface area contributed by atoms with Gasteiger partial charge in [-0.2, -0.15) is 4.98 Å². The van der Waals surface area contributed by atoms with Gasteiger partial charge in [-0.3, -0.25) is 4.98 Å². The van der Waals surface area contributed by atoms with Crippen LogP contribution in [0.3, 0.4) is 0 Å². The van der Waals surface area contributed by atoms with Gasteiger partial charge < -0.3 is 10.3 Å². The molecule has 0 amide bonds. The zero-order valence-electron chi connectivity index (χ0n) is 10.9. The van der Waals surface area contributed by atoms with Crippen molar-refractivity contribution in [3.8, 4) is 11.5 Å². The molecule has 2 heterocycles. The minimum absolute atomic E-state index is 0.513. The normalized spacial score (nSPS) is 10.7. The Bertz CT molecular complexity index is 677. The third-order valence-corrected chi connectivity index (χ3v) is 2.97. The highest BCUT2D eigenvalue weighted by Crippen LogP contribution is 2.18. The van der Waals surface area contributed by atoms with Gasteiger partial charge in [-0.25, -0.2) is 0 Å². The fraction of sp³-hybridized carbons (Fsp3) is 0.133. The predicted octanol–water partition coefficient (Wildman–Crippen LogP) is 2.18. The summed E-state index contributed by atoms with van der Waals surface area (Å²) in [6.07, 6.45) is 2.31. The molecule has 5 nitrogen and oxygen atoms in total. The van der Waals surface area contributed by atoms with E-state index in [0.717, 1.165) is 16.8 Å². The highest BCUT2D eigenvalue weighted by Gasteiger charge is 2.09. The number of nitrogens with zero attached hydrogens (tertiary/aromatic N) is 3. The Morgan fingerprint density at radius 3 is 2.60 bits per heavy atom. The van der Waals surface area contributed by atoms with Crippen LogP contribution in [0, 0.1) is 0 Å². The number of hydrogen-bond acceptors (Lipinski definition) is 5. The molecular formula is C15H14N4O. The average molecular weight is 266 g/mol. The van der Waals surface area contributed by atoms with Crippen LogP contribution in [-0.2, 0) is 13.0 Å². The van der Waals surface area contributed by atoms with Gasteiger partial charge in [0.05, 0.1) is 6.42 Å². The van der Waals surface area contributed by atoms with E-state index in [1.54, 1.807) is 6.20 Å². The van der Waals surface area contributed by atoms with Gasteiger partial charge in [0.25, 0.3) is 5.89 Å². The summed E-state index contributed by atoms with van der Waals surface area (Å²) in [4.78, 5) is 8.63. The van der Waals surface area contributed by atoms with Crippen molar-refractivity contribution in [3.63, 3.8) is 0 Å². The standard InChI is InChI=1S/C15H14N4O/c16-10-11-4-6-12(7-5-11)15-18-14(19-20-15)9-13-3-1-2-8-17-13/h1-8H,9-10,16H2. The first-order valence-corrected chi connectivity index (χ1v) is 6.37. The number of benzene rings is 1. The van der Waals surface area contributed by atoms with Crippen LogP contribution < -0.4 is 5.73 Å². The van der Waals surface area contributed by atoms with E-state index in [2.05, 4.69) is 15.1 Å². The van der Waals surface area contributed by atoms with E-state index in [-0.39, 0.29) is 0 Å². The van der Waals surface area contributed by atoms with Crippen molar-refractivity contribution in [1.82, 2.24) is 15.1 Å². The first-order chi connectivity index (χ1) is 9.85. The van der Waals surface area contributed by atoms with Crippen molar-refractivity contribution in [2.75, 3.05) is 0 Å². The first-order valence-electron chi connectivity index (χ1n) is 6.37. The molecule has 0 atom stereocenters. The number of hydrogen-bond donors (Lipinski definition) is 1. The van der Waals surface area contributed by atoms with E-state index in [1.807, 2.05) is 42.5 Å². The molecule has 0 aliphatic carbocycles. The molecule has 2 aromatic heterocycles. The summed E-state index contributed by atoms with van der Waals surface area (Å²) in [5, 5.41) is 3.98. The minimum Gasteiger partial charge on any atom is -0.334 e. The second kappa shape index (κ2) is 5.63.